The van der Waals surface area contributed by atoms with Crippen LogP contribution in [-0.4, -0.2) is 38.9 Å². The number of methoxy groups -OCH3 is 1. The summed E-state index contributed by atoms with van der Waals surface area (Å²) >= 11 is 1.15. The maximum Gasteiger partial charge on any atom is 0.271 e. The average Bonchev–Trinajstić information content (AvgIpc) is 3.15. The van der Waals surface area contributed by atoms with Crippen LogP contribution in [0.5, 0.6) is 5.75 Å². The SMILES string of the molecule is COc1ccc([N+](=O)[O-])cc1NC(=O)CSc1n[nH]c(-c2cccc(C)c2)n1. The number of H-pyrrole nitrogens is 1. The summed E-state index contributed by atoms with van der Waals surface area (Å²) in [5, 5.41) is 20.9. The van der Waals surface area contributed by atoms with Crippen LogP contribution in [0.2, 0.25) is 0 Å². The first-order chi connectivity index (χ1) is 13.5. The van der Waals surface area contributed by atoms with Crippen LogP contribution in [0.4, 0.5) is 11.4 Å². The van der Waals surface area contributed by atoms with Crippen molar-refractivity contribution in [1.29, 1.82) is 0 Å². The maximum atomic E-state index is 12.2. The third-order valence-electron chi connectivity index (χ3n) is 3.76. The Balaban J connectivity index is 1.64. The lowest BCUT2D eigenvalue weighted by molar-refractivity contribution is -0.384. The molecule has 0 aliphatic rings. The van der Waals surface area contributed by atoms with Gasteiger partial charge in [-0.25, -0.2) is 4.98 Å². The van der Waals surface area contributed by atoms with Crippen molar-refractivity contribution in [1.82, 2.24) is 15.2 Å². The van der Waals surface area contributed by atoms with E-state index in [1.807, 2.05) is 31.2 Å². The molecule has 1 amide bonds. The fourth-order valence-electron chi connectivity index (χ4n) is 2.46. The largest absolute Gasteiger partial charge is 0.495 e. The van der Waals surface area contributed by atoms with Gasteiger partial charge in [0.1, 0.15) is 5.75 Å². The molecule has 0 bridgehead atoms. The van der Waals surface area contributed by atoms with Crippen LogP contribution in [-0.2, 0) is 4.79 Å². The Kier molecular flexibility index (Phi) is 5.90. The van der Waals surface area contributed by atoms with E-state index < -0.39 is 4.92 Å². The van der Waals surface area contributed by atoms with Gasteiger partial charge in [0.2, 0.25) is 11.1 Å². The average molecular weight is 399 g/mol. The molecule has 2 N–H and O–H groups in total. The van der Waals surface area contributed by atoms with Crippen LogP contribution < -0.4 is 10.1 Å². The van der Waals surface area contributed by atoms with E-state index in [4.69, 9.17) is 4.74 Å². The lowest BCUT2D eigenvalue weighted by atomic mass is 10.1. The Morgan fingerprint density at radius 2 is 2.14 bits per heavy atom. The second-order valence-electron chi connectivity index (χ2n) is 5.81. The minimum absolute atomic E-state index is 0.0386. The van der Waals surface area contributed by atoms with Gasteiger partial charge in [-0.05, 0) is 19.1 Å². The fourth-order valence-corrected chi connectivity index (χ4v) is 3.05. The van der Waals surface area contributed by atoms with Crippen molar-refractivity contribution in [2.24, 2.45) is 0 Å². The van der Waals surface area contributed by atoms with E-state index in [1.165, 1.54) is 25.3 Å². The van der Waals surface area contributed by atoms with Crippen LogP contribution in [0, 0.1) is 17.0 Å². The predicted octanol–water partition coefficient (Wildman–Crippen LogP) is 3.43. The summed E-state index contributed by atoms with van der Waals surface area (Å²) in [5.41, 5.74) is 2.11. The summed E-state index contributed by atoms with van der Waals surface area (Å²) in [6.07, 6.45) is 0. The number of aromatic nitrogens is 3. The zero-order valence-electron chi connectivity index (χ0n) is 15.1. The van der Waals surface area contributed by atoms with E-state index in [9.17, 15) is 14.9 Å². The van der Waals surface area contributed by atoms with E-state index in [2.05, 4.69) is 20.5 Å². The summed E-state index contributed by atoms with van der Waals surface area (Å²) in [5.74, 6) is 0.637. The number of carbonyl (C=O) groups excluding carboxylic acids is 1. The number of benzene rings is 2. The highest BCUT2D eigenvalue weighted by molar-refractivity contribution is 7.99. The highest BCUT2D eigenvalue weighted by atomic mass is 32.2. The number of carbonyl (C=O) groups is 1. The number of hydrogen-bond acceptors (Lipinski definition) is 7. The van der Waals surface area contributed by atoms with Crippen molar-refractivity contribution in [2.75, 3.05) is 18.2 Å². The topological polar surface area (TPSA) is 123 Å². The molecular formula is C18H17N5O4S. The third kappa shape index (κ3) is 4.65. The Hall–Kier alpha value is -3.40. The Morgan fingerprint density at radius 3 is 2.86 bits per heavy atom. The first-order valence-electron chi connectivity index (χ1n) is 8.21. The molecule has 1 heterocycles. The molecule has 0 aliphatic heterocycles. The second kappa shape index (κ2) is 8.53. The fraction of sp³-hybridized carbons (Fsp3) is 0.167. The molecule has 0 atom stereocenters. The zero-order valence-corrected chi connectivity index (χ0v) is 15.9. The predicted molar refractivity (Wildman–Crippen MR) is 106 cm³/mol. The molecule has 3 rings (SSSR count). The number of nitro groups is 1. The van der Waals surface area contributed by atoms with E-state index in [0.717, 1.165) is 22.9 Å². The quantitative estimate of drug-likeness (QED) is 0.354. The van der Waals surface area contributed by atoms with Crippen molar-refractivity contribution >= 4 is 29.0 Å². The molecule has 0 spiro atoms. The first kappa shape index (κ1) is 19.4. The van der Waals surface area contributed by atoms with Gasteiger partial charge in [0.05, 0.1) is 23.5 Å². The second-order valence-corrected chi connectivity index (χ2v) is 6.76. The lowest BCUT2D eigenvalue weighted by Crippen LogP contribution is -2.15. The summed E-state index contributed by atoms with van der Waals surface area (Å²) in [6.45, 7) is 1.99. The molecule has 2 aromatic carbocycles. The smallest absolute Gasteiger partial charge is 0.271 e. The van der Waals surface area contributed by atoms with Gasteiger partial charge >= 0.3 is 0 Å². The number of anilines is 1. The van der Waals surface area contributed by atoms with E-state index in [1.54, 1.807) is 0 Å². The number of rotatable bonds is 7. The van der Waals surface area contributed by atoms with E-state index in [-0.39, 0.29) is 23.0 Å². The molecule has 0 radical (unpaired) electrons. The molecule has 3 aromatic rings. The number of ether oxygens (including phenoxy) is 1. The molecule has 9 nitrogen and oxygen atoms in total. The molecule has 1 aromatic heterocycles. The van der Waals surface area contributed by atoms with Gasteiger partial charge in [0.15, 0.2) is 5.82 Å². The Morgan fingerprint density at radius 1 is 1.32 bits per heavy atom. The van der Waals surface area contributed by atoms with Crippen LogP contribution >= 0.6 is 11.8 Å². The van der Waals surface area contributed by atoms with Crippen molar-refractivity contribution in [3.8, 4) is 17.1 Å². The Bertz CT molecular complexity index is 1020. The van der Waals surface area contributed by atoms with Crippen molar-refractivity contribution < 1.29 is 14.5 Å². The number of aromatic amines is 1. The minimum Gasteiger partial charge on any atom is -0.495 e. The maximum absolute atomic E-state index is 12.2. The highest BCUT2D eigenvalue weighted by Crippen LogP contribution is 2.29. The van der Waals surface area contributed by atoms with Gasteiger partial charge < -0.3 is 10.1 Å². The number of amides is 1. The lowest BCUT2D eigenvalue weighted by Gasteiger charge is -2.09. The monoisotopic (exact) mass is 399 g/mol. The van der Waals surface area contributed by atoms with Gasteiger partial charge in [0.25, 0.3) is 5.69 Å². The number of non-ortho nitro benzene ring substituents is 1. The van der Waals surface area contributed by atoms with Gasteiger partial charge in [-0.3, -0.25) is 20.0 Å². The molecule has 0 saturated carbocycles. The summed E-state index contributed by atoms with van der Waals surface area (Å²) in [4.78, 5) is 27.0. The number of nitro benzene ring substituents is 1. The zero-order chi connectivity index (χ0) is 20.1. The Labute approximate surface area is 164 Å². The van der Waals surface area contributed by atoms with E-state index >= 15 is 0 Å². The highest BCUT2D eigenvalue weighted by Gasteiger charge is 2.15. The van der Waals surface area contributed by atoms with Crippen molar-refractivity contribution in [3.05, 3.63) is 58.1 Å². The van der Waals surface area contributed by atoms with Gasteiger partial charge in [-0.15, -0.1) is 5.10 Å². The van der Waals surface area contributed by atoms with Crippen molar-refractivity contribution in [3.63, 3.8) is 0 Å². The molecule has 0 saturated heterocycles. The molecule has 144 valence electrons. The number of nitrogens with one attached hydrogen (secondary N) is 2. The molecule has 28 heavy (non-hydrogen) atoms. The molecule has 0 aliphatic carbocycles. The standard InChI is InChI=1S/C18H17N5O4S/c1-11-4-3-5-12(8-11)17-20-18(22-21-17)28-10-16(24)19-14-9-13(23(25)26)6-7-15(14)27-2/h3-9H,10H2,1-2H3,(H,19,24)(H,20,21,22). The third-order valence-corrected chi connectivity index (χ3v) is 4.60. The van der Waals surface area contributed by atoms with Gasteiger partial charge in [-0.1, -0.05) is 35.5 Å². The van der Waals surface area contributed by atoms with Crippen LogP contribution in [0.25, 0.3) is 11.4 Å². The molecule has 0 fully saturated rings. The number of thioether (sulfide) groups is 1. The molecule has 10 heteroatoms. The first-order valence-corrected chi connectivity index (χ1v) is 9.19. The summed E-state index contributed by atoms with van der Waals surface area (Å²) in [6, 6.07) is 11.8. The van der Waals surface area contributed by atoms with Gasteiger partial charge in [0, 0.05) is 17.7 Å². The number of hydrogen-bond donors (Lipinski definition) is 2. The number of aryl methyl sites for hydroxylation is 1. The van der Waals surface area contributed by atoms with Crippen LogP contribution in [0.1, 0.15) is 5.56 Å². The summed E-state index contributed by atoms with van der Waals surface area (Å²) < 4.78 is 5.13. The number of nitrogens with zero attached hydrogens (tertiary/aromatic N) is 3. The molecule has 0 unspecified atom stereocenters. The minimum atomic E-state index is -0.537. The normalized spacial score (nSPS) is 10.5. The van der Waals surface area contributed by atoms with Crippen LogP contribution in [0.3, 0.4) is 0 Å². The summed E-state index contributed by atoms with van der Waals surface area (Å²) in [7, 11) is 1.42. The molecular weight excluding hydrogens is 382 g/mol. The van der Waals surface area contributed by atoms with E-state index in [0.29, 0.717) is 16.7 Å². The van der Waals surface area contributed by atoms with Crippen molar-refractivity contribution in [2.45, 2.75) is 12.1 Å². The van der Waals surface area contributed by atoms with Crippen LogP contribution in [0.15, 0.2) is 47.6 Å². The van der Waals surface area contributed by atoms with Gasteiger partial charge in [-0.2, -0.15) is 0 Å².